The summed E-state index contributed by atoms with van der Waals surface area (Å²) in [5.74, 6) is 1.25. The van der Waals surface area contributed by atoms with Gasteiger partial charge in [0.1, 0.15) is 0 Å². The van der Waals surface area contributed by atoms with Crippen molar-refractivity contribution in [2.24, 2.45) is 5.41 Å². The van der Waals surface area contributed by atoms with Crippen LogP contribution in [-0.2, 0) is 0 Å². The molecule has 0 bridgehead atoms. The molecule has 0 atom stereocenters. The van der Waals surface area contributed by atoms with Gasteiger partial charge in [0.05, 0.1) is 19.5 Å². The Morgan fingerprint density at radius 1 is 1.35 bits per heavy atom. The van der Waals surface area contributed by atoms with Crippen molar-refractivity contribution in [3.05, 3.63) is 12.4 Å². The van der Waals surface area contributed by atoms with Crippen molar-refractivity contribution in [3.63, 3.8) is 0 Å². The zero-order valence-electron chi connectivity index (χ0n) is 10.7. The normalized spacial score (nSPS) is 11.3. The molecule has 1 aromatic heterocycles. The molecule has 0 unspecified atom stereocenters. The minimum atomic E-state index is 0.117. The number of methoxy groups -OCH3 is 1. The fraction of sp³-hybridized carbons (Fsp3) is 0.667. The summed E-state index contributed by atoms with van der Waals surface area (Å²) in [6.07, 6.45) is 5.05. The minimum absolute atomic E-state index is 0.117. The molecule has 0 aliphatic heterocycles. The summed E-state index contributed by atoms with van der Waals surface area (Å²) in [6, 6.07) is 0. The molecule has 1 rings (SSSR count). The number of hydrogen-bond acceptors (Lipinski definition) is 5. The van der Waals surface area contributed by atoms with Crippen LogP contribution in [0.15, 0.2) is 12.4 Å². The van der Waals surface area contributed by atoms with E-state index in [9.17, 15) is 0 Å². The standard InChI is InChI=1S/C12H21N3O2/c1-12(2,5-4-6-16)9-15-11-13-7-10(17-3)8-14-11/h7-8,16H,4-6,9H2,1-3H3,(H,13,14,15). The molecule has 0 aromatic carbocycles. The summed E-state index contributed by atoms with van der Waals surface area (Å²) < 4.78 is 4.99. The van der Waals surface area contributed by atoms with Crippen LogP contribution < -0.4 is 10.1 Å². The smallest absolute Gasteiger partial charge is 0.222 e. The summed E-state index contributed by atoms with van der Waals surface area (Å²) in [5, 5.41) is 12.0. The largest absolute Gasteiger partial charge is 0.494 e. The Bertz CT molecular complexity index is 325. The van der Waals surface area contributed by atoms with Gasteiger partial charge in [-0.05, 0) is 18.3 Å². The van der Waals surface area contributed by atoms with E-state index >= 15 is 0 Å². The zero-order valence-corrected chi connectivity index (χ0v) is 10.7. The predicted molar refractivity (Wildman–Crippen MR) is 67.2 cm³/mol. The Morgan fingerprint density at radius 3 is 2.53 bits per heavy atom. The van der Waals surface area contributed by atoms with E-state index in [1.54, 1.807) is 19.5 Å². The number of hydrogen-bond donors (Lipinski definition) is 2. The van der Waals surface area contributed by atoms with E-state index in [-0.39, 0.29) is 12.0 Å². The van der Waals surface area contributed by atoms with E-state index in [0.29, 0.717) is 11.7 Å². The summed E-state index contributed by atoms with van der Waals surface area (Å²) in [5.41, 5.74) is 0.117. The summed E-state index contributed by atoms with van der Waals surface area (Å²) in [4.78, 5) is 8.27. The molecule has 0 fully saturated rings. The fourth-order valence-electron chi connectivity index (χ4n) is 1.48. The fourth-order valence-corrected chi connectivity index (χ4v) is 1.48. The van der Waals surface area contributed by atoms with Crippen molar-refractivity contribution < 1.29 is 9.84 Å². The van der Waals surface area contributed by atoms with Gasteiger partial charge in [-0.25, -0.2) is 9.97 Å². The van der Waals surface area contributed by atoms with Crippen molar-refractivity contribution in [2.45, 2.75) is 26.7 Å². The Labute approximate surface area is 102 Å². The van der Waals surface area contributed by atoms with Crippen molar-refractivity contribution in [3.8, 4) is 5.75 Å². The number of anilines is 1. The molecule has 2 N–H and O–H groups in total. The number of aliphatic hydroxyl groups excluding tert-OH is 1. The van der Waals surface area contributed by atoms with Gasteiger partial charge >= 0.3 is 0 Å². The summed E-state index contributed by atoms with van der Waals surface area (Å²) in [6.45, 7) is 5.32. The number of ether oxygens (including phenoxy) is 1. The Morgan fingerprint density at radius 2 is 2.00 bits per heavy atom. The molecule has 0 saturated heterocycles. The van der Waals surface area contributed by atoms with Gasteiger partial charge < -0.3 is 15.2 Å². The maximum absolute atomic E-state index is 8.81. The lowest BCUT2D eigenvalue weighted by molar-refractivity contribution is 0.247. The first-order valence-electron chi connectivity index (χ1n) is 5.78. The van der Waals surface area contributed by atoms with Gasteiger partial charge in [0.2, 0.25) is 5.95 Å². The van der Waals surface area contributed by atoms with Crippen LogP contribution in [0.5, 0.6) is 5.75 Å². The second-order valence-corrected chi connectivity index (χ2v) is 4.79. The highest BCUT2D eigenvalue weighted by atomic mass is 16.5. The first kappa shape index (κ1) is 13.7. The van der Waals surface area contributed by atoms with Crippen LogP contribution in [0.1, 0.15) is 26.7 Å². The third-order valence-electron chi connectivity index (χ3n) is 2.60. The topological polar surface area (TPSA) is 67.3 Å². The molecular formula is C12H21N3O2. The van der Waals surface area contributed by atoms with Crippen LogP contribution in [-0.4, -0.2) is 35.3 Å². The molecule has 5 heteroatoms. The van der Waals surface area contributed by atoms with Gasteiger partial charge in [0.15, 0.2) is 5.75 Å². The van der Waals surface area contributed by atoms with Gasteiger partial charge in [-0.3, -0.25) is 0 Å². The Balaban J connectivity index is 2.43. The summed E-state index contributed by atoms with van der Waals surface area (Å²) >= 11 is 0. The van der Waals surface area contributed by atoms with Gasteiger partial charge in [0, 0.05) is 13.2 Å². The van der Waals surface area contributed by atoms with Gasteiger partial charge in [-0.2, -0.15) is 0 Å². The third kappa shape index (κ3) is 4.99. The van der Waals surface area contributed by atoms with Crippen molar-refractivity contribution in [2.75, 3.05) is 25.6 Å². The molecule has 96 valence electrons. The van der Waals surface area contributed by atoms with E-state index in [4.69, 9.17) is 9.84 Å². The maximum Gasteiger partial charge on any atom is 0.222 e. The first-order valence-corrected chi connectivity index (χ1v) is 5.78. The Hall–Kier alpha value is -1.36. The summed E-state index contributed by atoms with van der Waals surface area (Å²) in [7, 11) is 1.59. The molecule has 0 spiro atoms. The molecule has 0 aliphatic carbocycles. The number of aliphatic hydroxyl groups is 1. The Kier molecular flexibility index (Phi) is 5.15. The number of nitrogens with zero attached hydrogens (tertiary/aromatic N) is 2. The van der Waals surface area contributed by atoms with Crippen molar-refractivity contribution in [1.82, 2.24) is 9.97 Å². The molecule has 1 aromatic rings. The van der Waals surface area contributed by atoms with Crippen molar-refractivity contribution in [1.29, 1.82) is 0 Å². The highest BCUT2D eigenvalue weighted by Crippen LogP contribution is 2.22. The molecule has 0 aliphatic rings. The van der Waals surface area contributed by atoms with E-state index in [1.807, 2.05) is 0 Å². The average molecular weight is 239 g/mol. The lowest BCUT2D eigenvalue weighted by Gasteiger charge is -2.24. The van der Waals surface area contributed by atoms with Gasteiger partial charge in [0.25, 0.3) is 0 Å². The molecule has 0 saturated carbocycles. The third-order valence-corrected chi connectivity index (χ3v) is 2.60. The van der Waals surface area contributed by atoms with Crippen LogP contribution in [0, 0.1) is 5.41 Å². The van der Waals surface area contributed by atoms with Gasteiger partial charge in [-0.1, -0.05) is 13.8 Å². The molecular weight excluding hydrogens is 218 g/mol. The molecule has 5 nitrogen and oxygen atoms in total. The molecule has 1 heterocycles. The maximum atomic E-state index is 8.81. The van der Waals surface area contributed by atoms with Crippen LogP contribution in [0.3, 0.4) is 0 Å². The molecule has 0 radical (unpaired) electrons. The van der Waals surface area contributed by atoms with Crippen LogP contribution in [0.4, 0.5) is 5.95 Å². The minimum Gasteiger partial charge on any atom is -0.494 e. The average Bonchev–Trinajstić information content (AvgIpc) is 2.35. The van der Waals surface area contributed by atoms with Crippen LogP contribution in [0.25, 0.3) is 0 Å². The highest BCUT2D eigenvalue weighted by molar-refractivity contribution is 5.27. The highest BCUT2D eigenvalue weighted by Gasteiger charge is 2.17. The number of rotatable bonds is 7. The SMILES string of the molecule is COc1cnc(NCC(C)(C)CCCO)nc1. The van der Waals surface area contributed by atoms with E-state index in [1.165, 1.54) is 0 Å². The lowest BCUT2D eigenvalue weighted by Crippen LogP contribution is -2.24. The molecule has 17 heavy (non-hydrogen) atoms. The van der Waals surface area contributed by atoms with E-state index in [2.05, 4.69) is 29.1 Å². The predicted octanol–water partition coefficient (Wildman–Crippen LogP) is 1.70. The second kappa shape index (κ2) is 6.39. The molecule has 0 amide bonds. The van der Waals surface area contributed by atoms with Crippen LogP contribution in [0.2, 0.25) is 0 Å². The van der Waals surface area contributed by atoms with Crippen molar-refractivity contribution >= 4 is 5.95 Å². The zero-order chi connectivity index (χ0) is 12.7. The quantitative estimate of drug-likeness (QED) is 0.758. The van der Waals surface area contributed by atoms with Gasteiger partial charge in [-0.15, -0.1) is 0 Å². The number of aromatic nitrogens is 2. The number of nitrogens with one attached hydrogen (secondary N) is 1. The second-order valence-electron chi connectivity index (χ2n) is 4.79. The van der Waals surface area contributed by atoms with Crippen LogP contribution >= 0.6 is 0 Å². The first-order chi connectivity index (χ1) is 8.07. The van der Waals surface area contributed by atoms with E-state index in [0.717, 1.165) is 19.4 Å². The van der Waals surface area contributed by atoms with E-state index < -0.39 is 0 Å². The lowest BCUT2D eigenvalue weighted by atomic mass is 9.88. The monoisotopic (exact) mass is 239 g/mol.